The lowest BCUT2D eigenvalue weighted by Crippen LogP contribution is -2.40. The maximum atomic E-state index is 12.1. The Morgan fingerprint density at radius 3 is 2.63 bits per heavy atom. The van der Waals surface area contributed by atoms with Gasteiger partial charge in [-0.05, 0) is 25.7 Å². The molecule has 8 heteroatoms. The van der Waals surface area contributed by atoms with Crippen molar-refractivity contribution in [2.24, 2.45) is 5.92 Å². The number of carbonyl (C=O) groups is 2. The molecule has 0 spiro atoms. The van der Waals surface area contributed by atoms with Gasteiger partial charge in [0.25, 0.3) is 0 Å². The summed E-state index contributed by atoms with van der Waals surface area (Å²) in [6, 6.07) is 0. The summed E-state index contributed by atoms with van der Waals surface area (Å²) in [6.07, 6.45) is 1.11. The number of methoxy groups -OCH3 is 1. The Bertz CT molecular complexity index is 446. The first kappa shape index (κ1) is 15.9. The lowest BCUT2D eigenvalue weighted by atomic mass is 10.0. The number of hydrogen-bond acceptors (Lipinski definition) is 5. The third kappa shape index (κ3) is 3.90. The molecule has 2 unspecified atom stereocenters. The van der Waals surface area contributed by atoms with Gasteiger partial charge in [-0.2, -0.15) is 0 Å². The number of nitrogens with zero attached hydrogens (tertiary/aromatic N) is 1. The summed E-state index contributed by atoms with van der Waals surface area (Å²) >= 11 is 0. The van der Waals surface area contributed by atoms with E-state index in [4.69, 9.17) is 5.11 Å². The topological polar surface area (TPSA) is 101 Å². The molecule has 1 saturated heterocycles. The van der Waals surface area contributed by atoms with Crippen LogP contribution in [0.25, 0.3) is 0 Å². The number of ether oxygens (including phenoxy) is 1. The van der Waals surface area contributed by atoms with E-state index in [0.29, 0.717) is 19.4 Å². The molecule has 19 heavy (non-hydrogen) atoms. The van der Waals surface area contributed by atoms with Gasteiger partial charge in [0.2, 0.25) is 10.0 Å². The quantitative estimate of drug-likeness (QED) is 0.695. The molecule has 0 aromatic heterocycles. The molecule has 110 valence electrons. The molecule has 0 radical (unpaired) electrons. The SMILES string of the molecule is COC(=O)C(C)S(=O)(=O)N1CCC(CCC(=O)O)C1. The van der Waals surface area contributed by atoms with Gasteiger partial charge in [0, 0.05) is 19.5 Å². The van der Waals surface area contributed by atoms with E-state index >= 15 is 0 Å². The summed E-state index contributed by atoms with van der Waals surface area (Å²) < 4.78 is 29.9. The monoisotopic (exact) mass is 293 g/mol. The summed E-state index contributed by atoms with van der Waals surface area (Å²) in [7, 11) is -2.56. The van der Waals surface area contributed by atoms with E-state index < -0.39 is 27.2 Å². The molecule has 7 nitrogen and oxygen atoms in total. The number of sulfonamides is 1. The highest BCUT2D eigenvalue weighted by atomic mass is 32.2. The molecular formula is C11H19NO6S. The summed E-state index contributed by atoms with van der Waals surface area (Å²) in [4.78, 5) is 21.8. The second-order valence-corrected chi connectivity index (χ2v) is 6.91. The summed E-state index contributed by atoms with van der Waals surface area (Å²) in [5, 5.41) is 7.37. The zero-order valence-corrected chi connectivity index (χ0v) is 11.9. The molecule has 1 heterocycles. The first-order valence-corrected chi connectivity index (χ1v) is 7.58. The summed E-state index contributed by atoms with van der Waals surface area (Å²) in [5.74, 6) is -1.63. The Morgan fingerprint density at radius 1 is 1.47 bits per heavy atom. The van der Waals surface area contributed by atoms with Crippen LogP contribution in [0.2, 0.25) is 0 Å². The molecule has 1 rings (SSSR count). The minimum absolute atomic E-state index is 0.0328. The third-order valence-electron chi connectivity index (χ3n) is 3.35. The van der Waals surface area contributed by atoms with Gasteiger partial charge in [-0.3, -0.25) is 9.59 Å². The smallest absolute Gasteiger partial charge is 0.325 e. The molecule has 0 bridgehead atoms. The van der Waals surface area contributed by atoms with Crippen molar-refractivity contribution in [2.75, 3.05) is 20.2 Å². The maximum Gasteiger partial charge on any atom is 0.325 e. The number of carboxylic acid groups (broad SMARTS) is 1. The van der Waals surface area contributed by atoms with Crippen LogP contribution in [-0.4, -0.2) is 55.2 Å². The van der Waals surface area contributed by atoms with Gasteiger partial charge in [-0.25, -0.2) is 12.7 Å². The van der Waals surface area contributed by atoms with E-state index in [0.717, 1.165) is 7.11 Å². The van der Waals surface area contributed by atoms with Crippen molar-refractivity contribution in [3.63, 3.8) is 0 Å². The number of carbonyl (C=O) groups excluding carboxylic acids is 1. The minimum atomic E-state index is -3.71. The largest absolute Gasteiger partial charge is 0.481 e. The van der Waals surface area contributed by atoms with Crippen LogP contribution in [0.15, 0.2) is 0 Å². The van der Waals surface area contributed by atoms with Crippen molar-refractivity contribution in [1.82, 2.24) is 4.31 Å². The van der Waals surface area contributed by atoms with Crippen LogP contribution in [-0.2, 0) is 24.3 Å². The van der Waals surface area contributed by atoms with Crippen LogP contribution in [0, 0.1) is 5.92 Å². The Morgan fingerprint density at radius 2 is 2.11 bits per heavy atom. The lowest BCUT2D eigenvalue weighted by Gasteiger charge is -2.20. The molecule has 0 aliphatic carbocycles. The molecular weight excluding hydrogens is 274 g/mol. The van der Waals surface area contributed by atoms with Crippen LogP contribution in [0.5, 0.6) is 0 Å². The zero-order chi connectivity index (χ0) is 14.6. The summed E-state index contributed by atoms with van der Waals surface area (Å²) in [5.41, 5.74) is 0. The van der Waals surface area contributed by atoms with Crippen LogP contribution in [0.3, 0.4) is 0 Å². The number of rotatable bonds is 6. The van der Waals surface area contributed by atoms with Crippen molar-refractivity contribution in [1.29, 1.82) is 0 Å². The van der Waals surface area contributed by atoms with E-state index in [9.17, 15) is 18.0 Å². The lowest BCUT2D eigenvalue weighted by molar-refractivity contribution is -0.140. The number of esters is 1. The van der Waals surface area contributed by atoms with Crippen molar-refractivity contribution >= 4 is 22.0 Å². The molecule has 1 fully saturated rings. The molecule has 1 N–H and O–H groups in total. The van der Waals surface area contributed by atoms with Crippen molar-refractivity contribution in [2.45, 2.75) is 31.4 Å². The molecule has 1 aliphatic rings. The van der Waals surface area contributed by atoms with Crippen LogP contribution < -0.4 is 0 Å². The van der Waals surface area contributed by atoms with Gasteiger partial charge in [0.05, 0.1) is 7.11 Å². The first-order valence-electron chi connectivity index (χ1n) is 6.07. The fourth-order valence-electron chi connectivity index (χ4n) is 2.10. The van der Waals surface area contributed by atoms with Gasteiger partial charge in [-0.1, -0.05) is 0 Å². The van der Waals surface area contributed by atoms with Gasteiger partial charge in [0.15, 0.2) is 5.25 Å². The molecule has 1 aliphatic heterocycles. The van der Waals surface area contributed by atoms with Gasteiger partial charge < -0.3 is 9.84 Å². The third-order valence-corrected chi connectivity index (χ3v) is 5.49. The standard InChI is InChI=1S/C11H19NO6S/c1-8(11(15)18-2)19(16,17)12-6-5-9(7-12)3-4-10(13)14/h8-9H,3-7H2,1-2H3,(H,13,14). The van der Waals surface area contributed by atoms with E-state index in [-0.39, 0.29) is 18.9 Å². The second-order valence-electron chi connectivity index (χ2n) is 4.66. The van der Waals surface area contributed by atoms with Crippen LogP contribution in [0.1, 0.15) is 26.2 Å². The van der Waals surface area contributed by atoms with Gasteiger partial charge in [-0.15, -0.1) is 0 Å². The van der Waals surface area contributed by atoms with Gasteiger partial charge >= 0.3 is 11.9 Å². The first-order chi connectivity index (χ1) is 8.78. The normalized spacial score (nSPS) is 22.1. The average Bonchev–Trinajstić information content (AvgIpc) is 2.83. The second kappa shape index (κ2) is 6.33. The van der Waals surface area contributed by atoms with Crippen molar-refractivity contribution in [3.05, 3.63) is 0 Å². The van der Waals surface area contributed by atoms with E-state index in [2.05, 4.69) is 4.74 Å². The van der Waals surface area contributed by atoms with Crippen molar-refractivity contribution < 1.29 is 27.9 Å². The van der Waals surface area contributed by atoms with Crippen molar-refractivity contribution in [3.8, 4) is 0 Å². The summed E-state index contributed by atoms with van der Waals surface area (Å²) in [6.45, 7) is 1.90. The fourth-order valence-corrected chi connectivity index (χ4v) is 3.67. The highest BCUT2D eigenvalue weighted by Crippen LogP contribution is 2.25. The van der Waals surface area contributed by atoms with E-state index in [1.54, 1.807) is 0 Å². The highest BCUT2D eigenvalue weighted by molar-refractivity contribution is 7.90. The minimum Gasteiger partial charge on any atom is -0.481 e. The molecule has 2 atom stereocenters. The Hall–Kier alpha value is -1.15. The van der Waals surface area contributed by atoms with E-state index in [1.165, 1.54) is 11.2 Å². The number of aliphatic carboxylic acids is 1. The Balaban J connectivity index is 2.62. The van der Waals surface area contributed by atoms with Crippen LogP contribution >= 0.6 is 0 Å². The zero-order valence-electron chi connectivity index (χ0n) is 11.0. The maximum absolute atomic E-state index is 12.1. The van der Waals surface area contributed by atoms with E-state index in [1.807, 2.05) is 0 Å². The molecule has 0 aromatic carbocycles. The predicted octanol–water partition coefficient (Wildman–Crippen LogP) is 0.0644. The number of carboxylic acids is 1. The highest BCUT2D eigenvalue weighted by Gasteiger charge is 2.38. The Labute approximate surface area is 112 Å². The van der Waals surface area contributed by atoms with Crippen LogP contribution in [0.4, 0.5) is 0 Å². The molecule has 0 aromatic rings. The fraction of sp³-hybridized carbons (Fsp3) is 0.818. The Kier molecular flexibility index (Phi) is 5.30. The van der Waals surface area contributed by atoms with Gasteiger partial charge in [0.1, 0.15) is 0 Å². The predicted molar refractivity (Wildman–Crippen MR) is 66.9 cm³/mol. The number of hydrogen-bond donors (Lipinski definition) is 1. The molecule has 0 amide bonds. The molecule has 0 saturated carbocycles. The average molecular weight is 293 g/mol.